The Balaban J connectivity index is 2.22. The van der Waals surface area contributed by atoms with Gasteiger partial charge in [-0.25, -0.2) is 4.39 Å². The number of hydrogen-bond acceptors (Lipinski definition) is 2. The normalized spacial score (nSPS) is 11.1. The van der Waals surface area contributed by atoms with Crippen LogP contribution in [0.1, 0.15) is 44.7 Å². The van der Waals surface area contributed by atoms with Crippen molar-refractivity contribution in [3.63, 3.8) is 0 Å². The first-order valence-electron chi connectivity index (χ1n) is 7.17. The standard InChI is InChI=1S/C16H20FNO2/c1-2-3-4-5-6-9-13-15(19)16(20)14-11(17)8-7-10-12(14)18-13/h7-8,10,19H,2-6,9H2,1H3,(H,18,20). The molecule has 1 aromatic carbocycles. The van der Waals surface area contributed by atoms with Crippen molar-refractivity contribution in [3.8, 4) is 5.75 Å². The number of fused-ring (bicyclic) bond motifs is 1. The zero-order valence-electron chi connectivity index (χ0n) is 11.7. The van der Waals surface area contributed by atoms with Crippen molar-refractivity contribution in [1.29, 1.82) is 0 Å². The molecule has 0 aliphatic rings. The van der Waals surface area contributed by atoms with Gasteiger partial charge in [-0.1, -0.05) is 38.7 Å². The highest BCUT2D eigenvalue weighted by molar-refractivity contribution is 5.80. The molecule has 20 heavy (non-hydrogen) atoms. The zero-order valence-corrected chi connectivity index (χ0v) is 11.7. The number of nitrogens with one attached hydrogen (secondary N) is 1. The Bertz CT molecular complexity index is 649. The summed E-state index contributed by atoms with van der Waals surface area (Å²) in [5, 5.41) is 9.84. The summed E-state index contributed by atoms with van der Waals surface area (Å²) in [6.45, 7) is 2.15. The summed E-state index contributed by atoms with van der Waals surface area (Å²) in [4.78, 5) is 15.0. The van der Waals surface area contributed by atoms with E-state index >= 15 is 0 Å². The number of hydrogen-bond donors (Lipinski definition) is 2. The quantitative estimate of drug-likeness (QED) is 0.787. The Kier molecular flexibility index (Phi) is 4.77. The Morgan fingerprint density at radius 3 is 2.70 bits per heavy atom. The van der Waals surface area contributed by atoms with Gasteiger partial charge in [0.05, 0.1) is 16.6 Å². The van der Waals surface area contributed by atoms with Gasteiger partial charge in [0.1, 0.15) is 5.82 Å². The maximum Gasteiger partial charge on any atom is 0.234 e. The van der Waals surface area contributed by atoms with Crippen molar-refractivity contribution < 1.29 is 9.50 Å². The predicted octanol–water partition coefficient (Wildman–Crippen LogP) is 3.89. The summed E-state index contributed by atoms with van der Waals surface area (Å²) in [5.41, 5.74) is 0.321. The minimum absolute atomic E-state index is 0.0697. The van der Waals surface area contributed by atoms with Gasteiger partial charge in [-0.3, -0.25) is 4.79 Å². The van der Waals surface area contributed by atoms with Gasteiger partial charge in [0, 0.05) is 0 Å². The van der Waals surface area contributed by atoms with Crippen LogP contribution in [0.3, 0.4) is 0 Å². The number of aryl methyl sites for hydroxylation is 1. The molecule has 4 heteroatoms. The van der Waals surface area contributed by atoms with E-state index in [1.807, 2.05) is 0 Å². The van der Waals surface area contributed by atoms with Crippen LogP contribution in [-0.2, 0) is 6.42 Å². The van der Waals surface area contributed by atoms with Gasteiger partial charge in [-0.2, -0.15) is 0 Å². The van der Waals surface area contributed by atoms with E-state index in [0.717, 1.165) is 19.3 Å². The van der Waals surface area contributed by atoms with Gasteiger partial charge in [-0.05, 0) is 25.0 Å². The van der Waals surface area contributed by atoms with Crippen molar-refractivity contribution in [3.05, 3.63) is 39.9 Å². The molecule has 0 saturated heterocycles. The first-order valence-corrected chi connectivity index (χ1v) is 7.17. The van der Waals surface area contributed by atoms with Crippen molar-refractivity contribution in [1.82, 2.24) is 4.98 Å². The molecule has 0 spiro atoms. The lowest BCUT2D eigenvalue weighted by molar-refractivity contribution is 0.457. The van der Waals surface area contributed by atoms with E-state index in [4.69, 9.17) is 0 Å². The molecule has 0 fully saturated rings. The van der Waals surface area contributed by atoms with Crippen LogP contribution in [-0.4, -0.2) is 10.1 Å². The molecule has 3 nitrogen and oxygen atoms in total. The van der Waals surface area contributed by atoms with Gasteiger partial charge < -0.3 is 10.1 Å². The molecule has 1 heterocycles. The zero-order chi connectivity index (χ0) is 14.5. The molecule has 0 aliphatic heterocycles. The number of pyridine rings is 1. The lowest BCUT2D eigenvalue weighted by Gasteiger charge is -2.07. The van der Waals surface area contributed by atoms with Crippen molar-refractivity contribution >= 4 is 10.9 Å². The highest BCUT2D eigenvalue weighted by Crippen LogP contribution is 2.20. The molecule has 0 atom stereocenters. The van der Waals surface area contributed by atoms with Crippen LogP contribution < -0.4 is 5.43 Å². The highest BCUT2D eigenvalue weighted by Gasteiger charge is 2.13. The molecule has 0 saturated carbocycles. The molecule has 2 N–H and O–H groups in total. The SMILES string of the molecule is CCCCCCCc1[nH]c2cccc(F)c2c(=O)c1O. The van der Waals surface area contributed by atoms with E-state index in [1.165, 1.54) is 18.9 Å². The summed E-state index contributed by atoms with van der Waals surface area (Å²) >= 11 is 0. The van der Waals surface area contributed by atoms with Crippen LogP contribution >= 0.6 is 0 Å². The maximum atomic E-state index is 13.6. The number of rotatable bonds is 6. The molecule has 2 rings (SSSR count). The second-order valence-electron chi connectivity index (χ2n) is 5.11. The number of aromatic nitrogens is 1. The fourth-order valence-corrected chi connectivity index (χ4v) is 2.42. The molecular weight excluding hydrogens is 257 g/mol. The lowest BCUT2D eigenvalue weighted by Crippen LogP contribution is -2.09. The van der Waals surface area contributed by atoms with Gasteiger partial charge in [0.25, 0.3) is 0 Å². The van der Waals surface area contributed by atoms with E-state index in [9.17, 15) is 14.3 Å². The highest BCUT2D eigenvalue weighted by atomic mass is 19.1. The number of halogens is 1. The van der Waals surface area contributed by atoms with Crippen LogP contribution in [0, 0.1) is 5.82 Å². The predicted molar refractivity (Wildman–Crippen MR) is 78.7 cm³/mol. The first kappa shape index (κ1) is 14.6. The summed E-state index contributed by atoms with van der Waals surface area (Å²) in [7, 11) is 0. The topological polar surface area (TPSA) is 53.1 Å². The van der Waals surface area contributed by atoms with E-state index in [2.05, 4.69) is 11.9 Å². The number of H-pyrrole nitrogens is 1. The monoisotopic (exact) mass is 277 g/mol. The molecule has 1 aromatic heterocycles. The van der Waals surface area contributed by atoms with Gasteiger partial charge in [0.15, 0.2) is 5.75 Å². The van der Waals surface area contributed by atoms with Crippen molar-refractivity contribution in [2.45, 2.75) is 45.4 Å². The summed E-state index contributed by atoms with van der Waals surface area (Å²) in [6, 6.07) is 4.43. The molecule has 0 radical (unpaired) electrons. The molecule has 0 amide bonds. The Morgan fingerprint density at radius 2 is 1.95 bits per heavy atom. The average molecular weight is 277 g/mol. The third-order valence-electron chi connectivity index (χ3n) is 3.56. The summed E-state index contributed by atoms with van der Waals surface area (Å²) in [6.07, 6.45) is 6.12. The maximum absolute atomic E-state index is 13.6. The van der Waals surface area contributed by atoms with Gasteiger partial charge >= 0.3 is 0 Å². The Morgan fingerprint density at radius 1 is 1.20 bits per heavy atom. The molecule has 0 unspecified atom stereocenters. The van der Waals surface area contributed by atoms with Crippen LogP contribution in [0.5, 0.6) is 5.75 Å². The minimum atomic E-state index is -0.625. The van der Waals surface area contributed by atoms with Gasteiger partial charge in [0.2, 0.25) is 5.43 Å². The molecular formula is C16H20FNO2. The van der Waals surface area contributed by atoms with Gasteiger partial charge in [-0.15, -0.1) is 0 Å². The number of aromatic hydroxyl groups is 1. The fraction of sp³-hybridized carbons (Fsp3) is 0.438. The Labute approximate surface area is 117 Å². The van der Waals surface area contributed by atoms with E-state index in [1.54, 1.807) is 12.1 Å². The third kappa shape index (κ3) is 3.00. The number of unbranched alkanes of at least 4 members (excludes halogenated alkanes) is 4. The third-order valence-corrected chi connectivity index (χ3v) is 3.56. The van der Waals surface area contributed by atoms with Crippen LogP contribution in [0.25, 0.3) is 10.9 Å². The average Bonchev–Trinajstić information content (AvgIpc) is 2.43. The molecule has 0 aliphatic carbocycles. The molecule has 0 bridgehead atoms. The number of benzene rings is 1. The first-order chi connectivity index (χ1) is 9.65. The number of aromatic amines is 1. The summed E-state index contributed by atoms with van der Waals surface area (Å²) < 4.78 is 13.6. The van der Waals surface area contributed by atoms with Crippen LogP contribution in [0.4, 0.5) is 4.39 Å². The minimum Gasteiger partial charge on any atom is -0.503 e. The van der Waals surface area contributed by atoms with E-state index in [-0.39, 0.29) is 11.1 Å². The summed E-state index contributed by atoms with van der Waals surface area (Å²) in [5.74, 6) is -0.952. The molecule has 2 aromatic rings. The van der Waals surface area contributed by atoms with Crippen LogP contribution in [0.2, 0.25) is 0 Å². The lowest BCUT2D eigenvalue weighted by atomic mass is 10.1. The second-order valence-corrected chi connectivity index (χ2v) is 5.11. The Hall–Kier alpha value is -1.84. The van der Waals surface area contributed by atoms with E-state index in [0.29, 0.717) is 17.6 Å². The fourth-order valence-electron chi connectivity index (χ4n) is 2.42. The van der Waals surface area contributed by atoms with E-state index < -0.39 is 11.2 Å². The second kappa shape index (κ2) is 6.55. The molecule has 108 valence electrons. The van der Waals surface area contributed by atoms with Crippen molar-refractivity contribution in [2.24, 2.45) is 0 Å². The smallest absolute Gasteiger partial charge is 0.234 e. The van der Waals surface area contributed by atoms with Crippen LogP contribution in [0.15, 0.2) is 23.0 Å². The van der Waals surface area contributed by atoms with Crippen molar-refractivity contribution in [2.75, 3.05) is 0 Å². The largest absolute Gasteiger partial charge is 0.503 e.